The van der Waals surface area contributed by atoms with Crippen LogP contribution in [0.4, 0.5) is 14.5 Å². The number of hydrogen-bond acceptors (Lipinski definition) is 3. The number of nitrogens with two attached hydrogens (primary N) is 1. The quantitative estimate of drug-likeness (QED) is 0.859. The third kappa shape index (κ3) is 2.40. The summed E-state index contributed by atoms with van der Waals surface area (Å²) in [6.45, 7) is -0.375. The van der Waals surface area contributed by atoms with Crippen molar-refractivity contribution in [2.24, 2.45) is 7.05 Å². The third-order valence-electron chi connectivity index (χ3n) is 2.69. The summed E-state index contributed by atoms with van der Waals surface area (Å²) in [6.07, 6.45) is 1.18. The minimum Gasteiger partial charge on any atom is -0.393 e. The van der Waals surface area contributed by atoms with Gasteiger partial charge in [0.25, 0.3) is 5.56 Å². The van der Waals surface area contributed by atoms with Crippen molar-refractivity contribution in [2.75, 3.05) is 5.73 Å². The summed E-state index contributed by atoms with van der Waals surface area (Å²) in [5, 5.41) is 0. The van der Waals surface area contributed by atoms with E-state index in [1.807, 2.05) is 0 Å². The monoisotopic (exact) mass is 267 g/mol. The van der Waals surface area contributed by atoms with Crippen molar-refractivity contribution in [2.45, 2.75) is 6.54 Å². The van der Waals surface area contributed by atoms with E-state index < -0.39 is 22.9 Å². The van der Waals surface area contributed by atoms with Crippen LogP contribution in [0.25, 0.3) is 0 Å². The van der Waals surface area contributed by atoms with Crippen LogP contribution >= 0.6 is 0 Å². The van der Waals surface area contributed by atoms with E-state index in [0.29, 0.717) is 0 Å². The second kappa shape index (κ2) is 4.68. The largest absolute Gasteiger partial charge is 0.393 e. The summed E-state index contributed by atoms with van der Waals surface area (Å²) in [4.78, 5) is 23.5. The molecule has 1 aromatic heterocycles. The Hall–Kier alpha value is -2.44. The standard InChI is InChI=1S/C12H11F2N3O2/c1-16-6-10(15)11(18)17(12(16)19)5-7-4-8(13)2-3-9(7)14/h2-4,6H,5,15H2,1H3. The lowest BCUT2D eigenvalue weighted by Gasteiger charge is -2.09. The van der Waals surface area contributed by atoms with Gasteiger partial charge in [-0.05, 0) is 18.2 Å². The Morgan fingerprint density at radius 2 is 1.95 bits per heavy atom. The van der Waals surface area contributed by atoms with Gasteiger partial charge in [0.15, 0.2) is 0 Å². The number of aryl methyl sites for hydroxylation is 1. The number of benzene rings is 1. The van der Waals surface area contributed by atoms with Crippen LogP contribution in [0.5, 0.6) is 0 Å². The average Bonchev–Trinajstić information content (AvgIpc) is 2.36. The minimum atomic E-state index is -0.730. The molecule has 100 valence electrons. The molecule has 1 aromatic carbocycles. The Morgan fingerprint density at radius 1 is 1.26 bits per heavy atom. The van der Waals surface area contributed by atoms with Gasteiger partial charge in [-0.25, -0.2) is 13.6 Å². The molecule has 7 heteroatoms. The molecule has 0 bridgehead atoms. The minimum absolute atomic E-state index is 0.0928. The predicted octanol–water partition coefficient (Wildman–Crippen LogP) is 0.456. The first-order chi connectivity index (χ1) is 8.90. The zero-order valence-corrected chi connectivity index (χ0v) is 10.1. The van der Waals surface area contributed by atoms with Crippen molar-refractivity contribution in [1.82, 2.24) is 9.13 Å². The molecule has 2 N–H and O–H groups in total. The summed E-state index contributed by atoms with van der Waals surface area (Å²) < 4.78 is 28.4. The predicted molar refractivity (Wildman–Crippen MR) is 65.8 cm³/mol. The molecular weight excluding hydrogens is 256 g/mol. The fraction of sp³-hybridized carbons (Fsp3) is 0.167. The number of hydrogen-bond donors (Lipinski definition) is 1. The van der Waals surface area contributed by atoms with Crippen molar-refractivity contribution in [3.05, 3.63) is 62.4 Å². The molecule has 0 aliphatic rings. The van der Waals surface area contributed by atoms with Gasteiger partial charge in [0.2, 0.25) is 0 Å². The summed E-state index contributed by atoms with van der Waals surface area (Å²) in [5.74, 6) is -1.34. The molecular formula is C12H11F2N3O2. The molecule has 0 fully saturated rings. The second-order valence-electron chi connectivity index (χ2n) is 4.10. The van der Waals surface area contributed by atoms with Gasteiger partial charge in [0.05, 0.1) is 6.54 Å². The first kappa shape index (κ1) is 13.0. The Balaban J connectivity index is 2.59. The van der Waals surface area contributed by atoms with Crippen LogP contribution in [-0.4, -0.2) is 9.13 Å². The maximum Gasteiger partial charge on any atom is 0.331 e. The van der Waals surface area contributed by atoms with E-state index in [1.165, 1.54) is 13.2 Å². The molecule has 5 nitrogen and oxygen atoms in total. The maximum atomic E-state index is 13.5. The van der Waals surface area contributed by atoms with Crippen molar-refractivity contribution in [1.29, 1.82) is 0 Å². The highest BCUT2D eigenvalue weighted by molar-refractivity contribution is 5.31. The SMILES string of the molecule is Cn1cc(N)c(=O)n(Cc2cc(F)ccc2F)c1=O. The lowest BCUT2D eigenvalue weighted by Crippen LogP contribution is -2.40. The van der Waals surface area contributed by atoms with Crippen molar-refractivity contribution in [3.63, 3.8) is 0 Å². The molecule has 2 aromatic rings. The van der Waals surface area contributed by atoms with Gasteiger partial charge in [0, 0.05) is 18.8 Å². The van der Waals surface area contributed by atoms with Crippen molar-refractivity contribution in [3.8, 4) is 0 Å². The van der Waals surface area contributed by atoms with Crippen molar-refractivity contribution >= 4 is 5.69 Å². The average molecular weight is 267 g/mol. The van der Waals surface area contributed by atoms with Gasteiger partial charge in [-0.3, -0.25) is 9.36 Å². The first-order valence-electron chi connectivity index (χ1n) is 5.40. The van der Waals surface area contributed by atoms with Gasteiger partial charge in [0.1, 0.15) is 17.3 Å². The first-order valence-corrected chi connectivity index (χ1v) is 5.40. The van der Waals surface area contributed by atoms with Crippen LogP contribution in [0.2, 0.25) is 0 Å². The fourth-order valence-corrected chi connectivity index (χ4v) is 1.73. The van der Waals surface area contributed by atoms with E-state index >= 15 is 0 Å². The van der Waals surface area contributed by atoms with Crippen LogP contribution in [0.3, 0.4) is 0 Å². The number of aromatic nitrogens is 2. The molecule has 0 aliphatic carbocycles. The Labute approximate surface area is 106 Å². The molecule has 0 radical (unpaired) electrons. The lowest BCUT2D eigenvalue weighted by molar-refractivity contribution is 0.563. The topological polar surface area (TPSA) is 70.0 Å². The lowest BCUT2D eigenvalue weighted by atomic mass is 10.2. The Bertz CT molecular complexity index is 715. The molecule has 0 aliphatic heterocycles. The van der Waals surface area contributed by atoms with E-state index in [2.05, 4.69) is 0 Å². The van der Waals surface area contributed by atoms with Crippen LogP contribution < -0.4 is 17.0 Å². The van der Waals surface area contributed by atoms with Crippen LogP contribution in [0.15, 0.2) is 34.0 Å². The number of anilines is 1. The molecule has 0 saturated carbocycles. The summed E-state index contributed by atoms with van der Waals surface area (Å²) >= 11 is 0. The molecule has 0 unspecified atom stereocenters. The molecule has 0 spiro atoms. The van der Waals surface area contributed by atoms with Gasteiger partial charge in [-0.15, -0.1) is 0 Å². The highest BCUT2D eigenvalue weighted by Gasteiger charge is 2.11. The maximum absolute atomic E-state index is 13.5. The van der Waals surface area contributed by atoms with Crippen LogP contribution in [0, 0.1) is 11.6 Å². The summed E-state index contributed by atoms with van der Waals surface area (Å²) in [6, 6.07) is 2.83. The number of rotatable bonds is 2. The zero-order valence-electron chi connectivity index (χ0n) is 10.1. The normalized spacial score (nSPS) is 10.7. The van der Waals surface area contributed by atoms with Gasteiger partial charge < -0.3 is 10.3 Å². The third-order valence-corrected chi connectivity index (χ3v) is 2.69. The van der Waals surface area contributed by atoms with Crippen LogP contribution in [0.1, 0.15) is 5.56 Å². The second-order valence-corrected chi connectivity index (χ2v) is 4.10. The number of halogens is 2. The van der Waals surface area contributed by atoms with E-state index in [1.54, 1.807) is 0 Å². The molecule has 0 saturated heterocycles. The van der Waals surface area contributed by atoms with E-state index in [0.717, 1.165) is 27.3 Å². The fourth-order valence-electron chi connectivity index (χ4n) is 1.73. The van der Waals surface area contributed by atoms with E-state index in [-0.39, 0.29) is 17.8 Å². The van der Waals surface area contributed by atoms with Crippen LogP contribution in [-0.2, 0) is 13.6 Å². The highest BCUT2D eigenvalue weighted by atomic mass is 19.1. The van der Waals surface area contributed by atoms with E-state index in [4.69, 9.17) is 5.73 Å². The van der Waals surface area contributed by atoms with Gasteiger partial charge >= 0.3 is 5.69 Å². The molecule has 2 rings (SSSR count). The molecule has 0 amide bonds. The zero-order chi connectivity index (χ0) is 14.2. The van der Waals surface area contributed by atoms with E-state index in [9.17, 15) is 18.4 Å². The van der Waals surface area contributed by atoms with Gasteiger partial charge in [-0.1, -0.05) is 0 Å². The number of nitrogens with zero attached hydrogens (tertiary/aromatic N) is 2. The summed E-state index contributed by atoms with van der Waals surface area (Å²) in [5.41, 5.74) is 3.84. The Kier molecular flexibility index (Phi) is 3.20. The van der Waals surface area contributed by atoms with Crippen molar-refractivity contribution < 1.29 is 8.78 Å². The smallest absolute Gasteiger partial charge is 0.331 e. The molecule has 1 heterocycles. The Morgan fingerprint density at radius 3 is 2.63 bits per heavy atom. The molecule has 19 heavy (non-hydrogen) atoms. The number of nitrogen functional groups attached to an aromatic ring is 1. The molecule has 0 atom stereocenters. The highest BCUT2D eigenvalue weighted by Crippen LogP contribution is 2.10. The summed E-state index contributed by atoms with van der Waals surface area (Å²) in [7, 11) is 1.41. The van der Waals surface area contributed by atoms with Gasteiger partial charge in [-0.2, -0.15) is 0 Å².